The number of hydrogen-bond acceptors (Lipinski definition) is 2. The minimum absolute atomic E-state index is 0.0638. The van der Waals surface area contributed by atoms with Gasteiger partial charge < -0.3 is 0 Å². The van der Waals surface area contributed by atoms with Crippen LogP contribution in [-0.2, 0) is 5.41 Å². The molecule has 0 spiro atoms. The lowest BCUT2D eigenvalue weighted by Crippen LogP contribution is -2.17. The quantitative estimate of drug-likeness (QED) is 0.695. The number of aromatic nitrogens is 2. The molecule has 0 atom stereocenters. The van der Waals surface area contributed by atoms with Gasteiger partial charge in [0.2, 0.25) is 0 Å². The summed E-state index contributed by atoms with van der Waals surface area (Å²) in [6, 6.07) is 0. The van der Waals surface area contributed by atoms with Gasteiger partial charge in [-0.25, -0.2) is 0 Å². The van der Waals surface area contributed by atoms with Crippen LogP contribution >= 0.6 is 0 Å². The van der Waals surface area contributed by atoms with Gasteiger partial charge in [-0.1, -0.05) is 20.8 Å². The minimum atomic E-state index is 0.0638. The van der Waals surface area contributed by atoms with E-state index in [4.69, 9.17) is 9.97 Å². The van der Waals surface area contributed by atoms with Gasteiger partial charge in [0.25, 0.3) is 0 Å². The van der Waals surface area contributed by atoms with Gasteiger partial charge in [-0.05, 0) is 56.9 Å². The van der Waals surface area contributed by atoms with Crippen molar-refractivity contribution < 1.29 is 0 Å². The molecule has 0 aromatic carbocycles. The standard InChI is InChI=1S/C17H24N2/c1-9-10(2)15-14(18-13(9)5)11(3)12(4)16(19-15)17(6,7)8/h1-8H3. The fraction of sp³-hybridized carbons (Fsp3) is 0.529. The number of rotatable bonds is 0. The Morgan fingerprint density at radius 2 is 1.11 bits per heavy atom. The maximum atomic E-state index is 4.95. The van der Waals surface area contributed by atoms with E-state index in [1.807, 2.05) is 0 Å². The molecule has 0 radical (unpaired) electrons. The van der Waals surface area contributed by atoms with Crippen LogP contribution in [0.2, 0.25) is 0 Å². The van der Waals surface area contributed by atoms with E-state index in [1.54, 1.807) is 0 Å². The summed E-state index contributed by atoms with van der Waals surface area (Å²) in [5.74, 6) is 0. The molecule has 0 unspecified atom stereocenters. The molecular formula is C17H24N2. The maximum Gasteiger partial charge on any atom is 0.0925 e. The fourth-order valence-electron chi connectivity index (χ4n) is 2.61. The van der Waals surface area contributed by atoms with Crippen LogP contribution in [0.15, 0.2) is 0 Å². The van der Waals surface area contributed by atoms with Crippen LogP contribution in [0.25, 0.3) is 11.0 Å². The summed E-state index contributed by atoms with van der Waals surface area (Å²) in [5, 5.41) is 0. The second kappa shape index (κ2) is 4.29. The van der Waals surface area contributed by atoms with Crippen molar-refractivity contribution in [1.29, 1.82) is 0 Å². The Morgan fingerprint density at radius 1 is 0.632 bits per heavy atom. The van der Waals surface area contributed by atoms with Crippen LogP contribution in [0.5, 0.6) is 0 Å². The zero-order chi connectivity index (χ0) is 14.5. The van der Waals surface area contributed by atoms with E-state index in [0.29, 0.717) is 0 Å². The monoisotopic (exact) mass is 256 g/mol. The number of fused-ring (bicyclic) bond motifs is 1. The van der Waals surface area contributed by atoms with E-state index in [1.165, 1.54) is 27.9 Å². The molecule has 2 aromatic rings. The van der Waals surface area contributed by atoms with E-state index >= 15 is 0 Å². The summed E-state index contributed by atoms with van der Waals surface area (Å²) in [5.41, 5.74) is 9.54. The first-order valence-electron chi connectivity index (χ1n) is 6.89. The molecule has 0 N–H and O–H groups in total. The molecule has 2 heteroatoms. The zero-order valence-corrected chi connectivity index (χ0v) is 13.4. The molecule has 19 heavy (non-hydrogen) atoms. The van der Waals surface area contributed by atoms with Crippen molar-refractivity contribution in [2.24, 2.45) is 0 Å². The second-order valence-corrected chi connectivity index (χ2v) is 6.60. The van der Waals surface area contributed by atoms with Crippen molar-refractivity contribution in [1.82, 2.24) is 9.97 Å². The molecule has 102 valence electrons. The van der Waals surface area contributed by atoms with Gasteiger partial charge in [0.1, 0.15) is 0 Å². The highest BCUT2D eigenvalue weighted by Crippen LogP contribution is 2.31. The van der Waals surface area contributed by atoms with Gasteiger partial charge in [0, 0.05) is 16.8 Å². The van der Waals surface area contributed by atoms with Crippen molar-refractivity contribution in [3.05, 3.63) is 33.6 Å². The number of hydrogen-bond donors (Lipinski definition) is 0. The molecule has 0 aliphatic heterocycles. The van der Waals surface area contributed by atoms with Crippen molar-refractivity contribution in [3.8, 4) is 0 Å². The van der Waals surface area contributed by atoms with E-state index in [0.717, 1.165) is 16.7 Å². The Morgan fingerprint density at radius 3 is 1.63 bits per heavy atom. The topological polar surface area (TPSA) is 25.8 Å². The lowest BCUT2D eigenvalue weighted by atomic mass is 9.86. The van der Waals surface area contributed by atoms with Crippen LogP contribution < -0.4 is 0 Å². The minimum Gasteiger partial charge on any atom is -0.251 e. The average Bonchev–Trinajstić information content (AvgIpc) is 2.30. The molecule has 0 saturated carbocycles. The summed E-state index contributed by atoms with van der Waals surface area (Å²) in [6.45, 7) is 17.3. The highest BCUT2D eigenvalue weighted by molar-refractivity contribution is 5.83. The third kappa shape index (κ3) is 2.13. The predicted octanol–water partition coefficient (Wildman–Crippen LogP) is 4.47. The Balaban J connectivity index is 2.98. The first-order valence-corrected chi connectivity index (χ1v) is 6.89. The van der Waals surface area contributed by atoms with Crippen LogP contribution in [-0.4, -0.2) is 9.97 Å². The molecule has 2 rings (SSSR count). The van der Waals surface area contributed by atoms with Gasteiger partial charge in [-0.3, -0.25) is 9.97 Å². The molecule has 0 amide bonds. The fourth-order valence-corrected chi connectivity index (χ4v) is 2.61. The lowest BCUT2D eigenvalue weighted by molar-refractivity contribution is 0.566. The Hall–Kier alpha value is -1.44. The van der Waals surface area contributed by atoms with Gasteiger partial charge in [0.05, 0.1) is 11.0 Å². The summed E-state index contributed by atoms with van der Waals surface area (Å²) < 4.78 is 0. The van der Waals surface area contributed by atoms with Gasteiger partial charge >= 0.3 is 0 Å². The van der Waals surface area contributed by atoms with Gasteiger partial charge in [-0.15, -0.1) is 0 Å². The van der Waals surface area contributed by atoms with E-state index in [-0.39, 0.29) is 5.41 Å². The van der Waals surface area contributed by atoms with Crippen molar-refractivity contribution >= 4 is 11.0 Å². The molecule has 2 nitrogen and oxygen atoms in total. The largest absolute Gasteiger partial charge is 0.251 e. The Kier molecular flexibility index (Phi) is 3.16. The van der Waals surface area contributed by atoms with Crippen molar-refractivity contribution in [3.63, 3.8) is 0 Å². The second-order valence-electron chi connectivity index (χ2n) is 6.60. The van der Waals surface area contributed by atoms with Crippen LogP contribution in [0.4, 0.5) is 0 Å². The summed E-state index contributed by atoms with van der Waals surface area (Å²) in [4.78, 5) is 9.70. The highest BCUT2D eigenvalue weighted by atomic mass is 14.8. The lowest BCUT2D eigenvalue weighted by Gasteiger charge is -2.23. The Bertz CT molecular complexity index is 661. The molecule has 0 aliphatic rings. The maximum absolute atomic E-state index is 4.95. The normalized spacial score (nSPS) is 12.2. The van der Waals surface area contributed by atoms with Crippen LogP contribution in [0.1, 0.15) is 54.4 Å². The average molecular weight is 256 g/mol. The molecule has 0 fully saturated rings. The molecule has 0 saturated heterocycles. The molecule has 2 heterocycles. The zero-order valence-electron chi connectivity index (χ0n) is 13.4. The van der Waals surface area contributed by atoms with Crippen LogP contribution in [0, 0.1) is 34.6 Å². The number of nitrogens with zero attached hydrogens (tertiary/aromatic N) is 2. The molecule has 2 aromatic heterocycles. The Labute approximate surface area is 116 Å². The number of aryl methyl sites for hydroxylation is 3. The molecule has 0 aliphatic carbocycles. The SMILES string of the molecule is Cc1nc2c(C)c(C)c(C(C)(C)C)nc2c(C)c1C. The molecular weight excluding hydrogens is 232 g/mol. The third-order valence-corrected chi connectivity index (χ3v) is 4.17. The van der Waals surface area contributed by atoms with Crippen LogP contribution in [0.3, 0.4) is 0 Å². The highest BCUT2D eigenvalue weighted by Gasteiger charge is 2.22. The van der Waals surface area contributed by atoms with E-state index in [2.05, 4.69) is 55.4 Å². The predicted molar refractivity (Wildman–Crippen MR) is 81.9 cm³/mol. The first kappa shape index (κ1) is 14.0. The summed E-state index contributed by atoms with van der Waals surface area (Å²) in [6.07, 6.45) is 0. The smallest absolute Gasteiger partial charge is 0.0925 e. The molecule has 0 bridgehead atoms. The van der Waals surface area contributed by atoms with E-state index in [9.17, 15) is 0 Å². The van der Waals surface area contributed by atoms with Crippen molar-refractivity contribution in [2.45, 2.75) is 60.8 Å². The van der Waals surface area contributed by atoms with Gasteiger partial charge in [-0.2, -0.15) is 0 Å². The van der Waals surface area contributed by atoms with Gasteiger partial charge in [0.15, 0.2) is 0 Å². The summed E-state index contributed by atoms with van der Waals surface area (Å²) >= 11 is 0. The summed E-state index contributed by atoms with van der Waals surface area (Å²) in [7, 11) is 0. The number of pyridine rings is 2. The van der Waals surface area contributed by atoms with E-state index < -0.39 is 0 Å². The third-order valence-electron chi connectivity index (χ3n) is 4.17. The first-order chi connectivity index (χ1) is 8.64. The van der Waals surface area contributed by atoms with Crippen molar-refractivity contribution in [2.75, 3.05) is 0 Å².